The Morgan fingerprint density at radius 1 is 0.970 bits per heavy atom. The summed E-state index contributed by atoms with van der Waals surface area (Å²) >= 11 is 0. The van der Waals surface area contributed by atoms with E-state index in [1.54, 1.807) is 19.2 Å². The number of rotatable bonds is 10. The third-order valence-electron chi connectivity index (χ3n) is 9.29. The lowest BCUT2D eigenvalue weighted by molar-refractivity contribution is -0.276. The van der Waals surface area contributed by atoms with Crippen LogP contribution in [0.25, 0.3) is 0 Å². The van der Waals surface area contributed by atoms with Gasteiger partial charge in [0.05, 0.1) is 18.3 Å². The smallest absolute Gasteiger partial charge is 0.184 e. The molecule has 0 aromatic heterocycles. The van der Waals surface area contributed by atoms with Crippen molar-refractivity contribution < 1.29 is 19.3 Å². The lowest BCUT2D eigenvalue weighted by Gasteiger charge is -2.52. The second-order valence-electron chi connectivity index (χ2n) is 12.9. The molecule has 1 fully saturated rings. The first-order chi connectivity index (χ1) is 15.0. The van der Waals surface area contributed by atoms with Gasteiger partial charge in [0.15, 0.2) is 6.29 Å². The number of ether oxygens (including phenoxy) is 3. The Kier molecular flexibility index (Phi) is 8.75. The van der Waals surface area contributed by atoms with Gasteiger partial charge in [-0.1, -0.05) is 67.5 Å². The van der Waals surface area contributed by atoms with E-state index in [0.717, 1.165) is 31.2 Å². The minimum atomic E-state index is -0.452. The van der Waals surface area contributed by atoms with Crippen LogP contribution in [0.5, 0.6) is 5.75 Å². The fourth-order valence-electron chi connectivity index (χ4n) is 4.90. The molecule has 0 radical (unpaired) electrons. The van der Waals surface area contributed by atoms with Crippen LogP contribution in [0.1, 0.15) is 107 Å². The van der Waals surface area contributed by atoms with Gasteiger partial charge in [-0.15, -0.1) is 0 Å². The molecule has 1 saturated heterocycles. The summed E-state index contributed by atoms with van der Waals surface area (Å²) in [7, 11) is 1.80. The molecule has 4 unspecified atom stereocenters. The average molecular weight is 463 g/mol. The summed E-state index contributed by atoms with van der Waals surface area (Å²) in [6.45, 7) is 23.3. The van der Waals surface area contributed by atoms with Crippen molar-refractivity contribution in [3.8, 4) is 5.75 Å². The second kappa shape index (κ2) is 10.3. The Bertz CT molecular complexity index is 765. The molecule has 1 aliphatic heterocycles. The molecule has 0 bridgehead atoms. The number of benzene rings is 1. The number of methoxy groups -OCH3 is 1. The molecule has 1 aromatic rings. The Balaban J connectivity index is 2.16. The number of aromatic hydroxyl groups is 1. The highest BCUT2D eigenvalue weighted by Crippen LogP contribution is 2.53. The molecule has 2 rings (SSSR count). The first-order valence-corrected chi connectivity index (χ1v) is 12.6. The molecule has 1 aromatic carbocycles. The Hall–Kier alpha value is -1.10. The number of phenols is 1. The van der Waals surface area contributed by atoms with E-state index in [1.807, 2.05) is 12.1 Å². The Morgan fingerprint density at radius 3 is 2.15 bits per heavy atom. The van der Waals surface area contributed by atoms with E-state index in [0.29, 0.717) is 0 Å². The maximum absolute atomic E-state index is 9.93. The van der Waals surface area contributed by atoms with Crippen LogP contribution in [0.15, 0.2) is 24.3 Å². The van der Waals surface area contributed by atoms with Crippen molar-refractivity contribution in [2.75, 3.05) is 7.11 Å². The van der Waals surface area contributed by atoms with E-state index < -0.39 is 6.29 Å². The summed E-state index contributed by atoms with van der Waals surface area (Å²) in [5.41, 5.74) is 1.24. The van der Waals surface area contributed by atoms with Crippen LogP contribution >= 0.6 is 0 Å². The maximum Gasteiger partial charge on any atom is 0.184 e. The van der Waals surface area contributed by atoms with Gasteiger partial charge in [-0.2, -0.15) is 0 Å². The lowest BCUT2D eigenvalue weighted by Crippen LogP contribution is -2.49. The monoisotopic (exact) mass is 462 g/mol. The molecule has 0 saturated carbocycles. The number of phenolic OH excluding ortho intramolecular Hbond substituents is 1. The molecule has 1 heterocycles. The Morgan fingerprint density at radius 2 is 1.58 bits per heavy atom. The summed E-state index contributed by atoms with van der Waals surface area (Å²) in [5, 5.41) is 9.93. The van der Waals surface area contributed by atoms with Crippen LogP contribution in [0.3, 0.4) is 0 Å². The van der Waals surface area contributed by atoms with Gasteiger partial charge in [-0.25, -0.2) is 0 Å². The van der Waals surface area contributed by atoms with Gasteiger partial charge in [0.1, 0.15) is 5.75 Å². The third-order valence-corrected chi connectivity index (χ3v) is 9.29. The van der Waals surface area contributed by atoms with E-state index in [-0.39, 0.29) is 45.7 Å². The van der Waals surface area contributed by atoms with Crippen LogP contribution in [-0.2, 0) is 14.2 Å². The van der Waals surface area contributed by atoms with E-state index >= 15 is 0 Å². The van der Waals surface area contributed by atoms with Gasteiger partial charge < -0.3 is 19.3 Å². The third kappa shape index (κ3) is 6.52. The zero-order valence-corrected chi connectivity index (χ0v) is 23.1. The SMILES string of the molecule is COC(C)CC(C)(C)C(C)(C)CCC(C)(C)C(C)(C)C1CC(C)OC(c2cccc(O)c2)O1. The van der Waals surface area contributed by atoms with Crippen molar-refractivity contribution in [3.63, 3.8) is 0 Å². The number of hydrogen-bond donors (Lipinski definition) is 1. The zero-order valence-electron chi connectivity index (χ0n) is 23.1. The molecule has 0 aliphatic carbocycles. The van der Waals surface area contributed by atoms with Crippen molar-refractivity contribution in [1.29, 1.82) is 0 Å². The molecule has 0 amide bonds. The predicted octanol–water partition coefficient (Wildman–Crippen LogP) is 7.89. The van der Waals surface area contributed by atoms with Crippen molar-refractivity contribution in [3.05, 3.63) is 29.8 Å². The summed E-state index contributed by atoms with van der Waals surface area (Å²) in [5.74, 6) is 0.238. The van der Waals surface area contributed by atoms with Crippen molar-refractivity contribution >= 4 is 0 Å². The van der Waals surface area contributed by atoms with Gasteiger partial charge in [0, 0.05) is 19.1 Å². The molecule has 1 N–H and O–H groups in total. The van der Waals surface area contributed by atoms with Gasteiger partial charge >= 0.3 is 0 Å². The molecular formula is C29H50O4. The van der Waals surface area contributed by atoms with E-state index in [4.69, 9.17) is 14.2 Å². The van der Waals surface area contributed by atoms with Crippen molar-refractivity contribution in [2.45, 2.75) is 120 Å². The topological polar surface area (TPSA) is 47.9 Å². The van der Waals surface area contributed by atoms with E-state index in [9.17, 15) is 5.11 Å². The Labute approximate surface area is 203 Å². The minimum Gasteiger partial charge on any atom is -0.508 e. The lowest BCUT2D eigenvalue weighted by atomic mass is 9.57. The summed E-state index contributed by atoms with van der Waals surface area (Å²) in [6, 6.07) is 7.22. The molecule has 4 atom stereocenters. The van der Waals surface area contributed by atoms with Gasteiger partial charge in [0.2, 0.25) is 0 Å². The molecular weight excluding hydrogens is 412 g/mol. The highest BCUT2D eigenvalue weighted by molar-refractivity contribution is 5.28. The molecule has 4 nitrogen and oxygen atoms in total. The fourth-order valence-corrected chi connectivity index (χ4v) is 4.90. The highest BCUT2D eigenvalue weighted by Gasteiger charge is 2.48. The molecule has 33 heavy (non-hydrogen) atoms. The number of hydrogen-bond acceptors (Lipinski definition) is 4. The first-order valence-electron chi connectivity index (χ1n) is 12.6. The van der Waals surface area contributed by atoms with Gasteiger partial charge in [0.25, 0.3) is 0 Å². The second-order valence-corrected chi connectivity index (χ2v) is 12.9. The minimum absolute atomic E-state index is 0.0554. The fraction of sp³-hybridized carbons (Fsp3) is 0.793. The van der Waals surface area contributed by atoms with Crippen LogP contribution in [0, 0.1) is 21.7 Å². The molecule has 190 valence electrons. The van der Waals surface area contributed by atoms with Crippen LogP contribution in [0.4, 0.5) is 0 Å². The normalized spacial score (nSPS) is 24.0. The van der Waals surface area contributed by atoms with E-state index in [2.05, 4.69) is 69.2 Å². The largest absolute Gasteiger partial charge is 0.508 e. The molecule has 0 spiro atoms. The zero-order chi connectivity index (χ0) is 25.2. The summed E-state index contributed by atoms with van der Waals surface area (Å²) < 4.78 is 18.3. The van der Waals surface area contributed by atoms with Crippen LogP contribution < -0.4 is 0 Å². The van der Waals surface area contributed by atoms with E-state index in [1.165, 1.54) is 0 Å². The van der Waals surface area contributed by atoms with Gasteiger partial charge in [-0.3, -0.25) is 0 Å². The van der Waals surface area contributed by atoms with Crippen LogP contribution in [-0.4, -0.2) is 30.5 Å². The van der Waals surface area contributed by atoms with Crippen molar-refractivity contribution in [2.24, 2.45) is 21.7 Å². The average Bonchev–Trinajstić information content (AvgIpc) is 2.71. The quantitative estimate of drug-likeness (QED) is 0.384. The standard InChI is InChI=1S/C29H50O4/c1-20-17-24(33-25(32-20)22-13-12-14-23(30)18-22)29(9,10)27(5,6)16-15-26(3,4)28(7,8)19-21(2)31-11/h12-14,18,20-21,24-25,30H,15-17,19H2,1-11H3. The predicted molar refractivity (Wildman–Crippen MR) is 136 cm³/mol. The molecule has 4 heteroatoms. The van der Waals surface area contributed by atoms with Crippen molar-refractivity contribution in [1.82, 2.24) is 0 Å². The summed E-state index contributed by atoms with van der Waals surface area (Å²) in [4.78, 5) is 0. The maximum atomic E-state index is 9.93. The highest BCUT2D eigenvalue weighted by atomic mass is 16.7. The van der Waals surface area contributed by atoms with Gasteiger partial charge in [-0.05, 0) is 66.9 Å². The molecule has 1 aliphatic rings. The van der Waals surface area contributed by atoms with Crippen LogP contribution in [0.2, 0.25) is 0 Å². The first kappa shape index (κ1) is 28.1. The summed E-state index contributed by atoms with van der Waals surface area (Å²) in [6.07, 6.45) is 4.14.